The van der Waals surface area contributed by atoms with Gasteiger partial charge in [0.25, 0.3) is 0 Å². The molecule has 130 valence electrons. The lowest BCUT2D eigenvalue weighted by atomic mass is 10.0. The van der Waals surface area contributed by atoms with Gasteiger partial charge in [-0.2, -0.15) is 0 Å². The highest BCUT2D eigenvalue weighted by atomic mass is 19.1. The summed E-state index contributed by atoms with van der Waals surface area (Å²) in [5.41, 5.74) is 8.31. The highest BCUT2D eigenvalue weighted by Gasteiger charge is 2.17. The van der Waals surface area contributed by atoms with E-state index >= 15 is 0 Å². The maximum Gasteiger partial charge on any atom is 0.241 e. The van der Waals surface area contributed by atoms with Crippen molar-refractivity contribution in [1.82, 2.24) is 9.97 Å². The fraction of sp³-hybridized carbons (Fsp3) is 0.263. The van der Waals surface area contributed by atoms with E-state index < -0.39 is 11.9 Å². The average molecular weight is 340 g/mol. The van der Waals surface area contributed by atoms with E-state index in [2.05, 4.69) is 15.3 Å². The molecule has 5 nitrogen and oxygen atoms in total. The maximum absolute atomic E-state index is 14.5. The van der Waals surface area contributed by atoms with Gasteiger partial charge in [0.15, 0.2) is 0 Å². The van der Waals surface area contributed by atoms with E-state index in [1.165, 1.54) is 6.07 Å². The molecule has 0 fully saturated rings. The Morgan fingerprint density at radius 2 is 2.12 bits per heavy atom. The fourth-order valence-electron chi connectivity index (χ4n) is 2.84. The minimum Gasteiger partial charge on any atom is -0.346 e. The van der Waals surface area contributed by atoms with Crippen LogP contribution >= 0.6 is 0 Å². The third-order valence-electron chi connectivity index (χ3n) is 4.06. The zero-order chi connectivity index (χ0) is 18.0. The van der Waals surface area contributed by atoms with E-state index in [-0.39, 0.29) is 11.6 Å². The van der Waals surface area contributed by atoms with Gasteiger partial charge in [0.2, 0.25) is 5.91 Å². The Bertz CT molecular complexity index is 903. The molecule has 1 atom stereocenters. The lowest BCUT2D eigenvalue weighted by molar-refractivity contribution is -0.117. The van der Waals surface area contributed by atoms with Crippen molar-refractivity contribution < 1.29 is 9.18 Å². The Morgan fingerprint density at radius 3 is 2.84 bits per heavy atom. The Kier molecular flexibility index (Phi) is 4.81. The molecule has 0 saturated heterocycles. The smallest absolute Gasteiger partial charge is 0.241 e. The van der Waals surface area contributed by atoms with Gasteiger partial charge >= 0.3 is 0 Å². The molecular formula is C19H21FN4O. The molecule has 0 aliphatic heterocycles. The number of hydrogen-bond donors (Lipinski definition) is 3. The second-order valence-corrected chi connectivity index (χ2v) is 6.52. The van der Waals surface area contributed by atoms with Gasteiger partial charge in [0, 0.05) is 17.8 Å². The number of benzene rings is 1. The number of carbonyl (C=O) groups is 1. The van der Waals surface area contributed by atoms with E-state index in [0.29, 0.717) is 17.9 Å². The van der Waals surface area contributed by atoms with Crippen LogP contribution in [0.25, 0.3) is 22.2 Å². The van der Waals surface area contributed by atoms with Gasteiger partial charge in [-0.25, -0.2) is 9.37 Å². The molecule has 0 saturated carbocycles. The van der Waals surface area contributed by atoms with Crippen LogP contribution < -0.4 is 11.1 Å². The monoisotopic (exact) mass is 340 g/mol. The van der Waals surface area contributed by atoms with Gasteiger partial charge in [-0.3, -0.25) is 4.79 Å². The molecule has 25 heavy (non-hydrogen) atoms. The van der Waals surface area contributed by atoms with Crippen molar-refractivity contribution in [2.24, 2.45) is 11.7 Å². The minimum absolute atomic E-state index is 0.132. The molecular weight excluding hydrogens is 319 g/mol. The summed E-state index contributed by atoms with van der Waals surface area (Å²) >= 11 is 0. The molecule has 1 amide bonds. The van der Waals surface area contributed by atoms with Crippen LogP contribution in [0.4, 0.5) is 10.1 Å². The summed E-state index contributed by atoms with van der Waals surface area (Å²) in [7, 11) is 0. The molecule has 1 aromatic carbocycles. The van der Waals surface area contributed by atoms with Crippen LogP contribution in [-0.2, 0) is 4.79 Å². The van der Waals surface area contributed by atoms with Gasteiger partial charge in [-0.05, 0) is 47.7 Å². The van der Waals surface area contributed by atoms with Crippen molar-refractivity contribution in [2.45, 2.75) is 26.3 Å². The number of nitrogens with one attached hydrogen (secondary N) is 2. The number of pyridine rings is 1. The van der Waals surface area contributed by atoms with Crippen LogP contribution in [0.3, 0.4) is 0 Å². The number of rotatable bonds is 5. The molecule has 0 radical (unpaired) electrons. The molecule has 3 aromatic rings. The summed E-state index contributed by atoms with van der Waals surface area (Å²) in [5, 5.41) is 3.48. The number of anilines is 1. The Labute approximate surface area is 145 Å². The zero-order valence-electron chi connectivity index (χ0n) is 14.2. The first-order valence-electron chi connectivity index (χ1n) is 8.24. The summed E-state index contributed by atoms with van der Waals surface area (Å²) in [6.07, 6.45) is 4.02. The number of H-pyrrole nitrogens is 1. The third-order valence-corrected chi connectivity index (χ3v) is 4.06. The largest absolute Gasteiger partial charge is 0.346 e. The molecule has 4 N–H and O–H groups in total. The number of halogens is 1. The normalized spacial score (nSPS) is 12.5. The van der Waals surface area contributed by atoms with Gasteiger partial charge in [-0.1, -0.05) is 19.9 Å². The van der Waals surface area contributed by atoms with E-state index in [1.54, 1.807) is 24.5 Å². The minimum atomic E-state index is -0.654. The summed E-state index contributed by atoms with van der Waals surface area (Å²) in [4.78, 5) is 19.3. The van der Waals surface area contributed by atoms with Crippen LogP contribution in [0.5, 0.6) is 0 Å². The SMILES string of the molecule is CC(C)C[C@@H](N)C(=O)Nc1ccc(-c2ccnc3[nH]ccc23)cc1F. The highest BCUT2D eigenvalue weighted by Crippen LogP contribution is 2.29. The third kappa shape index (κ3) is 3.69. The van der Waals surface area contributed by atoms with Gasteiger partial charge in [0.05, 0.1) is 11.7 Å². The number of aromatic amines is 1. The number of nitrogens with zero attached hydrogens (tertiary/aromatic N) is 1. The standard InChI is InChI=1S/C19H21FN4O/c1-11(2)9-16(21)19(25)24-17-4-3-12(10-15(17)20)13-5-7-22-18-14(13)6-8-23-18/h3-8,10-11,16H,9,21H2,1-2H3,(H,22,23)(H,24,25)/t16-/m1/s1. The average Bonchev–Trinajstić information content (AvgIpc) is 3.04. The molecule has 3 rings (SSSR count). The first-order valence-corrected chi connectivity index (χ1v) is 8.24. The van der Waals surface area contributed by atoms with Crippen LogP contribution in [0.1, 0.15) is 20.3 Å². The van der Waals surface area contributed by atoms with E-state index in [4.69, 9.17) is 5.73 Å². The van der Waals surface area contributed by atoms with Gasteiger partial charge < -0.3 is 16.0 Å². The summed E-state index contributed by atoms with van der Waals surface area (Å²) < 4.78 is 14.5. The van der Waals surface area contributed by atoms with E-state index in [1.807, 2.05) is 26.0 Å². The van der Waals surface area contributed by atoms with Gasteiger partial charge in [-0.15, -0.1) is 0 Å². The van der Waals surface area contributed by atoms with Gasteiger partial charge in [0.1, 0.15) is 11.5 Å². The highest BCUT2D eigenvalue weighted by molar-refractivity contribution is 5.96. The predicted molar refractivity (Wildman–Crippen MR) is 97.5 cm³/mol. The van der Waals surface area contributed by atoms with Crippen molar-refractivity contribution in [1.29, 1.82) is 0 Å². The van der Waals surface area contributed by atoms with Crippen LogP contribution in [0.2, 0.25) is 0 Å². The maximum atomic E-state index is 14.5. The molecule has 0 spiro atoms. The number of carbonyl (C=O) groups excluding carboxylic acids is 1. The van der Waals surface area contributed by atoms with Crippen molar-refractivity contribution >= 4 is 22.6 Å². The van der Waals surface area contributed by atoms with Crippen molar-refractivity contribution in [3.8, 4) is 11.1 Å². The van der Waals surface area contributed by atoms with Crippen LogP contribution in [0, 0.1) is 11.7 Å². The molecule has 2 aromatic heterocycles. The van der Waals surface area contributed by atoms with Crippen LogP contribution in [-0.4, -0.2) is 21.9 Å². The van der Waals surface area contributed by atoms with E-state index in [0.717, 1.165) is 16.6 Å². The molecule has 0 aliphatic rings. The quantitative estimate of drug-likeness (QED) is 0.662. The molecule has 0 bridgehead atoms. The summed E-state index contributed by atoms with van der Waals surface area (Å²) in [6, 6.07) is 7.82. The van der Waals surface area contributed by atoms with Crippen molar-refractivity contribution in [2.75, 3.05) is 5.32 Å². The number of fused-ring (bicyclic) bond motifs is 1. The van der Waals surface area contributed by atoms with Crippen molar-refractivity contribution in [3.05, 3.63) is 48.5 Å². The number of amides is 1. The van der Waals surface area contributed by atoms with Crippen LogP contribution in [0.15, 0.2) is 42.7 Å². The number of hydrogen-bond acceptors (Lipinski definition) is 3. The molecule has 2 heterocycles. The van der Waals surface area contributed by atoms with E-state index in [9.17, 15) is 9.18 Å². The summed E-state index contributed by atoms with van der Waals surface area (Å²) in [5.74, 6) is -0.580. The zero-order valence-corrected chi connectivity index (χ0v) is 14.2. The fourth-order valence-corrected chi connectivity index (χ4v) is 2.84. The number of nitrogens with two attached hydrogens (primary N) is 1. The van der Waals surface area contributed by atoms with Crippen molar-refractivity contribution in [3.63, 3.8) is 0 Å². The summed E-state index contributed by atoms with van der Waals surface area (Å²) in [6.45, 7) is 3.97. The Morgan fingerprint density at radius 1 is 1.32 bits per heavy atom. The molecule has 0 unspecified atom stereocenters. The first-order chi connectivity index (χ1) is 12.0. The number of aromatic nitrogens is 2. The predicted octanol–water partition coefficient (Wildman–Crippen LogP) is 3.68. The lowest BCUT2D eigenvalue weighted by Crippen LogP contribution is -2.36. The lowest BCUT2D eigenvalue weighted by Gasteiger charge is -2.15. The molecule has 0 aliphatic carbocycles. The molecule has 6 heteroatoms. The second-order valence-electron chi connectivity index (χ2n) is 6.52. The Hall–Kier alpha value is -2.73. The second kappa shape index (κ2) is 7.03. The Balaban J connectivity index is 1.84. The topological polar surface area (TPSA) is 83.8 Å². The first kappa shape index (κ1) is 17.1.